The van der Waals surface area contributed by atoms with Crippen LogP contribution in [0.2, 0.25) is 0 Å². The number of carbonyl (C=O) groups excluding carboxylic acids is 2. The SMILES string of the molecule is COC(=O)c1ccc(C2=NC(C(=O)c3cc(OC)c(OC)c(OC)c3)CO2)cc1. The summed E-state index contributed by atoms with van der Waals surface area (Å²) < 4.78 is 26.2. The fourth-order valence-corrected chi connectivity index (χ4v) is 2.95. The molecular formula is C21H21NO7. The third-order valence-electron chi connectivity index (χ3n) is 4.46. The highest BCUT2D eigenvalue weighted by molar-refractivity contribution is 6.05. The van der Waals surface area contributed by atoms with Crippen molar-refractivity contribution < 1.29 is 33.3 Å². The molecule has 0 saturated heterocycles. The Morgan fingerprint density at radius 2 is 1.55 bits per heavy atom. The lowest BCUT2D eigenvalue weighted by atomic mass is 10.0. The van der Waals surface area contributed by atoms with E-state index in [0.717, 1.165) is 0 Å². The monoisotopic (exact) mass is 399 g/mol. The zero-order chi connectivity index (χ0) is 21.0. The second-order valence-corrected chi connectivity index (χ2v) is 6.11. The third kappa shape index (κ3) is 4.01. The summed E-state index contributed by atoms with van der Waals surface area (Å²) >= 11 is 0. The van der Waals surface area contributed by atoms with Crippen molar-refractivity contribution in [3.63, 3.8) is 0 Å². The molecule has 2 aromatic rings. The number of rotatable bonds is 7. The second kappa shape index (κ2) is 8.64. The first-order valence-electron chi connectivity index (χ1n) is 8.76. The number of hydrogen-bond acceptors (Lipinski definition) is 8. The third-order valence-corrected chi connectivity index (χ3v) is 4.46. The minimum atomic E-state index is -0.701. The fourth-order valence-electron chi connectivity index (χ4n) is 2.95. The molecule has 1 heterocycles. The summed E-state index contributed by atoms with van der Waals surface area (Å²) in [5.74, 6) is 0.858. The van der Waals surface area contributed by atoms with Gasteiger partial charge >= 0.3 is 5.97 Å². The lowest BCUT2D eigenvalue weighted by molar-refractivity contribution is 0.0600. The van der Waals surface area contributed by atoms with Gasteiger partial charge in [0.25, 0.3) is 0 Å². The number of Topliss-reactive ketones (excluding diaryl/α,β-unsaturated/α-hetero) is 1. The highest BCUT2D eigenvalue weighted by Crippen LogP contribution is 2.38. The average Bonchev–Trinajstić information content (AvgIpc) is 3.27. The molecule has 0 N–H and O–H groups in total. The van der Waals surface area contributed by atoms with Crippen molar-refractivity contribution in [2.75, 3.05) is 35.0 Å². The van der Waals surface area contributed by atoms with Gasteiger partial charge in [-0.3, -0.25) is 4.79 Å². The summed E-state index contributed by atoms with van der Waals surface area (Å²) in [4.78, 5) is 28.9. The Morgan fingerprint density at radius 1 is 0.931 bits per heavy atom. The smallest absolute Gasteiger partial charge is 0.337 e. The summed E-state index contributed by atoms with van der Waals surface area (Å²) in [6.07, 6.45) is 0. The van der Waals surface area contributed by atoms with Gasteiger partial charge < -0.3 is 23.7 Å². The Hall–Kier alpha value is -3.55. The lowest BCUT2D eigenvalue weighted by Crippen LogP contribution is -2.20. The molecule has 152 valence electrons. The van der Waals surface area contributed by atoms with Crippen molar-refractivity contribution in [3.8, 4) is 17.2 Å². The van der Waals surface area contributed by atoms with Gasteiger partial charge in [-0.15, -0.1) is 0 Å². The summed E-state index contributed by atoms with van der Waals surface area (Å²) in [5, 5.41) is 0. The van der Waals surface area contributed by atoms with Gasteiger partial charge in [-0.2, -0.15) is 0 Å². The zero-order valence-corrected chi connectivity index (χ0v) is 16.6. The van der Waals surface area contributed by atoms with E-state index in [9.17, 15) is 9.59 Å². The van der Waals surface area contributed by atoms with Gasteiger partial charge in [0, 0.05) is 11.1 Å². The molecule has 0 fully saturated rings. The number of aliphatic imine (C=N–C) groups is 1. The molecule has 0 amide bonds. The molecule has 8 heteroatoms. The highest BCUT2D eigenvalue weighted by atomic mass is 16.5. The van der Waals surface area contributed by atoms with Gasteiger partial charge in [-0.05, 0) is 36.4 Å². The molecular weight excluding hydrogens is 378 g/mol. The van der Waals surface area contributed by atoms with Crippen LogP contribution < -0.4 is 14.2 Å². The first-order valence-corrected chi connectivity index (χ1v) is 8.76. The Kier molecular flexibility index (Phi) is 6.01. The first kappa shape index (κ1) is 20.2. The van der Waals surface area contributed by atoms with E-state index in [0.29, 0.717) is 39.8 Å². The molecule has 29 heavy (non-hydrogen) atoms. The zero-order valence-electron chi connectivity index (χ0n) is 16.6. The molecule has 0 aromatic heterocycles. The minimum Gasteiger partial charge on any atom is -0.493 e. The van der Waals surface area contributed by atoms with Crippen LogP contribution in [0.5, 0.6) is 17.2 Å². The number of ether oxygens (including phenoxy) is 5. The molecule has 0 bridgehead atoms. The summed E-state index contributed by atoms with van der Waals surface area (Å²) in [6.45, 7) is 0.115. The molecule has 0 aliphatic carbocycles. The fraction of sp³-hybridized carbons (Fsp3) is 0.286. The van der Waals surface area contributed by atoms with E-state index in [2.05, 4.69) is 9.73 Å². The topological polar surface area (TPSA) is 92.7 Å². The number of nitrogens with zero attached hydrogens (tertiary/aromatic N) is 1. The predicted molar refractivity (Wildman–Crippen MR) is 104 cm³/mol. The van der Waals surface area contributed by atoms with E-state index in [1.54, 1.807) is 36.4 Å². The van der Waals surface area contributed by atoms with Crippen LogP contribution in [0.1, 0.15) is 26.3 Å². The molecule has 1 atom stereocenters. The van der Waals surface area contributed by atoms with Crippen LogP contribution in [0.3, 0.4) is 0 Å². The average molecular weight is 399 g/mol. The number of carbonyl (C=O) groups is 2. The summed E-state index contributed by atoms with van der Waals surface area (Å²) in [5.41, 5.74) is 1.46. The van der Waals surface area contributed by atoms with Crippen LogP contribution in [0.25, 0.3) is 0 Å². The van der Waals surface area contributed by atoms with Gasteiger partial charge in [0.1, 0.15) is 6.61 Å². The van der Waals surface area contributed by atoms with Crippen molar-refractivity contribution in [2.45, 2.75) is 6.04 Å². The van der Waals surface area contributed by atoms with Crippen LogP contribution in [0.15, 0.2) is 41.4 Å². The largest absolute Gasteiger partial charge is 0.493 e. The maximum Gasteiger partial charge on any atom is 0.337 e. The maximum absolute atomic E-state index is 12.9. The van der Waals surface area contributed by atoms with Gasteiger partial charge in [0.05, 0.1) is 34.0 Å². The van der Waals surface area contributed by atoms with Crippen molar-refractivity contribution >= 4 is 17.7 Å². The maximum atomic E-state index is 12.9. The quantitative estimate of drug-likeness (QED) is 0.522. The van der Waals surface area contributed by atoms with Gasteiger partial charge in [-0.25, -0.2) is 9.79 Å². The Labute approximate surface area is 168 Å². The van der Waals surface area contributed by atoms with Gasteiger partial charge in [0.2, 0.25) is 11.6 Å². The predicted octanol–water partition coefficient (Wildman–Crippen LogP) is 2.53. The van der Waals surface area contributed by atoms with E-state index in [4.69, 9.17) is 18.9 Å². The van der Waals surface area contributed by atoms with E-state index >= 15 is 0 Å². The molecule has 3 rings (SSSR count). The van der Waals surface area contributed by atoms with Crippen molar-refractivity contribution in [1.82, 2.24) is 0 Å². The van der Waals surface area contributed by atoms with Gasteiger partial charge in [0.15, 0.2) is 23.3 Å². The molecule has 0 radical (unpaired) electrons. The van der Waals surface area contributed by atoms with Crippen LogP contribution >= 0.6 is 0 Å². The molecule has 1 aliphatic rings. The van der Waals surface area contributed by atoms with Crippen LogP contribution in [0, 0.1) is 0 Å². The van der Waals surface area contributed by atoms with Crippen molar-refractivity contribution in [2.24, 2.45) is 4.99 Å². The number of ketones is 1. The second-order valence-electron chi connectivity index (χ2n) is 6.11. The Morgan fingerprint density at radius 3 is 2.07 bits per heavy atom. The number of hydrogen-bond donors (Lipinski definition) is 0. The molecule has 1 aliphatic heterocycles. The van der Waals surface area contributed by atoms with Crippen molar-refractivity contribution in [3.05, 3.63) is 53.1 Å². The van der Waals surface area contributed by atoms with Crippen molar-refractivity contribution in [1.29, 1.82) is 0 Å². The molecule has 0 spiro atoms. The molecule has 1 unspecified atom stereocenters. The van der Waals surface area contributed by atoms with E-state index in [1.807, 2.05) is 0 Å². The number of esters is 1. The van der Waals surface area contributed by atoms with Gasteiger partial charge in [-0.1, -0.05) is 0 Å². The Bertz CT molecular complexity index is 925. The standard InChI is InChI=1S/C21H21NO7/c1-25-16-9-14(10-17(26-2)19(16)27-3)18(23)15-11-29-20(22-15)12-5-7-13(8-6-12)21(24)28-4/h5-10,15H,11H2,1-4H3. The molecule has 2 aromatic carbocycles. The minimum absolute atomic E-state index is 0.115. The molecule has 8 nitrogen and oxygen atoms in total. The van der Waals surface area contributed by atoms with E-state index < -0.39 is 12.0 Å². The summed E-state index contributed by atoms with van der Waals surface area (Å²) in [7, 11) is 5.78. The first-order chi connectivity index (χ1) is 14.0. The van der Waals surface area contributed by atoms with Crippen LogP contribution in [-0.2, 0) is 9.47 Å². The lowest BCUT2D eigenvalue weighted by Gasteiger charge is -2.14. The van der Waals surface area contributed by atoms with Crippen LogP contribution in [-0.4, -0.2) is 58.7 Å². The normalized spacial score (nSPS) is 15.2. The molecule has 0 saturated carbocycles. The summed E-state index contributed by atoms with van der Waals surface area (Å²) in [6, 6.07) is 9.08. The van der Waals surface area contributed by atoms with E-state index in [1.165, 1.54) is 28.4 Å². The highest BCUT2D eigenvalue weighted by Gasteiger charge is 2.29. The van der Waals surface area contributed by atoms with Crippen LogP contribution in [0.4, 0.5) is 0 Å². The number of methoxy groups -OCH3 is 4. The van der Waals surface area contributed by atoms with E-state index in [-0.39, 0.29) is 12.4 Å². The Balaban J connectivity index is 1.84. The number of benzene rings is 2.